The predicted octanol–water partition coefficient (Wildman–Crippen LogP) is 2.06. The molecule has 1 aliphatic carbocycles. The van der Waals surface area contributed by atoms with Gasteiger partial charge in [0.2, 0.25) is 5.95 Å². The molecule has 0 aromatic carbocycles. The van der Waals surface area contributed by atoms with E-state index in [-0.39, 0.29) is 0 Å². The molecule has 1 aliphatic rings. The third-order valence-electron chi connectivity index (χ3n) is 3.53. The van der Waals surface area contributed by atoms with Crippen LogP contribution in [-0.2, 0) is 4.74 Å². The molecule has 0 saturated heterocycles. The fraction of sp³-hybridized carbons (Fsp3) is 0.538. The van der Waals surface area contributed by atoms with Gasteiger partial charge in [0.05, 0.1) is 6.10 Å². The minimum Gasteiger partial charge on any atom is -0.378 e. The van der Waals surface area contributed by atoms with Gasteiger partial charge in [-0.3, -0.25) is 4.57 Å². The molecule has 96 valence electrons. The van der Waals surface area contributed by atoms with Gasteiger partial charge in [-0.1, -0.05) is 0 Å². The maximum Gasteiger partial charge on any atom is 0.202 e. The zero-order chi connectivity index (χ0) is 12.7. The van der Waals surface area contributed by atoms with Crippen molar-refractivity contribution in [3.05, 3.63) is 17.8 Å². The zero-order valence-electron chi connectivity index (χ0n) is 10.8. The number of aromatic nitrogens is 3. The standard InChI is InChI=1S/C13H18N4O/c1-3-18-10-5-9(6-10)17-12-11(16-13(17)14)4-8(2)7-15-12/h4,7,9-10H,3,5-6H2,1-2H3,(H2,14,16). The number of nitrogens with zero attached hydrogens (tertiary/aromatic N) is 3. The van der Waals surface area contributed by atoms with E-state index in [0.29, 0.717) is 18.1 Å². The van der Waals surface area contributed by atoms with Gasteiger partial charge in [0, 0.05) is 18.8 Å². The Morgan fingerprint density at radius 2 is 2.28 bits per heavy atom. The van der Waals surface area contributed by atoms with Crippen LogP contribution in [0.15, 0.2) is 12.3 Å². The topological polar surface area (TPSA) is 66.0 Å². The van der Waals surface area contributed by atoms with E-state index in [1.54, 1.807) is 0 Å². The lowest BCUT2D eigenvalue weighted by atomic mass is 9.89. The van der Waals surface area contributed by atoms with Gasteiger partial charge in [0.1, 0.15) is 5.52 Å². The number of hydrogen-bond acceptors (Lipinski definition) is 4. The first kappa shape index (κ1) is 11.5. The van der Waals surface area contributed by atoms with Crippen LogP contribution < -0.4 is 5.73 Å². The number of nitrogen functional groups attached to an aromatic ring is 1. The van der Waals surface area contributed by atoms with Crippen LogP contribution in [0.1, 0.15) is 31.4 Å². The Balaban J connectivity index is 1.91. The molecule has 0 bridgehead atoms. The predicted molar refractivity (Wildman–Crippen MR) is 70.4 cm³/mol. The summed E-state index contributed by atoms with van der Waals surface area (Å²) in [5.74, 6) is 0.558. The molecule has 2 aromatic rings. The van der Waals surface area contributed by atoms with Gasteiger partial charge in [-0.05, 0) is 38.3 Å². The third-order valence-corrected chi connectivity index (χ3v) is 3.53. The normalized spacial score (nSPS) is 23.2. The van der Waals surface area contributed by atoms with E-state index >= 15 is 0 Å². The number of rotatable bonds is 3. The number of nitrogens with two attached hydrogens (primary N) is 1. The Morgan fingerprint density at radius 3 is 3.00 bits per heavy atom. The fourth-order valence-corrected chi connectivity index (χ4v) is 2.58. The quantitative estimate of drug-likeness (QED) is 0.900. The maximum absolute atomic E-state index is 6.00. The van der Waals surface area contributed by atoms with Crippen molar-refractivity contribution in [2.24, 2.45) is 0 Å². The lowest BCUT2D eigenvalue weighted by Gasteiger charge is -2.36. The van der Waals surface area contributed by atoms with Crippen LogP contribution in [0.5, 0.6) is 0 Å². The summed E-state index contributed by atoms with van der Waals surface area (Å²) < 4.78 is 7.63. The summed E-state index contributed by atoms with van der Waals surface area (Å²) in [6.45, 7) is 4.81. The van der Waals surface area contributed by atoms with Crippen molar-refractivity contribution in [3.8, 4) is 0 Å². The number of aryl methyl sites for hydroxylation is 1. The molecular formula is C13H18N4O. The second-order valence-corrected chi connectivity index (χ2v) is 4.90. The van der Waals surface area contributed by atoms with E-state index in [9.17, 15) is 0 Å². The molecule has 5 nitrogen and oxygen atoms in total. The highest BCUT2D eigenvalue weighted by molar-refractivity contribution is 5.74. The van der Waals surface area contributed by atoms with E-state index < -0.39 is 0 Å². The Hall–Kier alpha value is -1.62. The summed E-state index contributed by atoms with van der Waals surface area (Å²) >= 11 is 0. The molecule has 5 heteroatoms. The van der Waals surface area contributed by atoms with E-state index in [1.807, 2.05) is 30.7 Å². The van der Waals surface area contributed by atoms with Crippen molar-refractivity contribution in [2.45, 2.75) is 38.8 Å². The highest BCUT2D eigenvalue weighted by Crippen LogP contribution is 2.37. The van der Waals surface area contributed by atoms with E-state index in [2.05, 4.69) is 9.97 Å². The molecule has 2 heterocycles. The van der Waals surface area contributed by atoms with Crippen molar-refractivity contribution in [2.75, 3.05) is 12.3 Å². The first-order chi connectivity index (χ1) is 8.69. The van der Waals surface area contributed by atoms with Gasteiger partial charge in [0.15, 0.2) is 5.65 Å². The monoisotopic (exact) mass is 246 g/mol. The fourth-order valence-electron chi connectivity index (χ4n) is 2.58. The van der Waals surface area contributed by atoms with Crippen molar-refractivity contribution >= 4 is 17.1 Å². The van der Waals surface area contributed by atoms with Crippen molar-refractivity contribution in [1.82, 2.24) is 14.5 Å². The van der Waals surface area contributed by atoms with Gasteiger partial charge >= 0.3 is 0 Å². The molecule has 0 spiro atoms. The Bertz CT molecular complexity index is 572. The lowest BCUT2D eigenvalue weighted by Crippen LogP contribution is -2.34. The molecule has 1 saturated carbocycles. The SMILES string of the molecule is CCOC1CC(n2c(N)nc3cc(C)cnc32)C1. The molecule has 0 radical (unpaired) electrons. The van der Waals surface area contributed by atoms with E-state index in [1.165, 1.54) is 0 Å². The van der Waals surface area contributed by atoms with Crippen LogP contribution in [0.2, 0.25) is 0 Å². The molecule has 0 atom stereocenters. The van der Waals surface area contributed by atoms with Crippen LogP contribution in [0.25, 0.3) is 11.2 Å². The number of hydrogen-bond donors (Lipinski definition) is 1. The Labute approximate surface area is 106 Å². The second kappa shape index (κ2) is 4.24. The minimum absolute atomic E-state index is 0.363. The third kappa shape index (κ3) is 1.75. The van der Waals surface area contributed by atoms with Crippen molar-refractivity contribution < 1.29 is 4.74 Å². The van der Waals surface area contributed by atoms with Crippen LogP contribution in [0.4, 0.5) is 5.95 Å². The van der Waals surface area contributed by atoms with Gasteiger partial charge in [-0.2, -0.15) is 0 Å². The molecule has 0 unspecified atom stereocenters. The van der Waals surface area contributed by atoms with Gasteiger partial charge < -0.3 is 10.5 Å². The number of fused-ring (bicyclic) bond motifs is 1. The summed E-state index contributed by atoms with van der Waals surface area (Å²) in [5, 5.41) is 0. The molecule has 2 N–H and O–H groups in total. The largest absolute Gasteiger partial charge is 0.378 e. The number of imidazole rings is 1. The number of pyridine rings is 1. The Kier molecular flexibility index (Phi) is 2.70. The van der Waals surface area contributed by atoms with Gasteiger partial charge in [-0.25, -0.2) is 9.97 Å². The molecule has 3 rings (SSSR count). The highest BCUT2D eigenvalue weighted by atomic mass is 16.5. The van der Waals surface area contributed by atoms with E-state index in [4.69, 9.17) is 10.5 Å². The van der Waals surface area contributed by atoms with E-state index in [0.717, 1.165) is 36.2 Å². The molecule has 0 amide bonds. The molecule has 2 aromatic heterocycles. The summed E-state index contributed by atoms with van der Waals surface area (Å²) in [7, 11) is 0. The number of anilines is 1. The number of ether oxygens (including phenoxy) is 1. The van der Waals surface area contributed by atoms with Crippen LogP contribution in [-0.4, -0.2) is 27.2 Å². The van der Waals surface area contributed by atoms with Gasteiger partial charge in [-0.15, -0.1) is 0 Å². The highest BCUT2D eigenvalue weighted by Gasteiger charge is 2.33. The molecule has 18 heavy (non-hydrogen) atoms. The molecule has 1 fully saturated rings. The smallest absolute Gasteiger partial charge is 0.202 e. The van der Waals surface area contributed by atoms with Crippen molar-refractivity contribution in [3.63, 3.8) is 0 Å². The molecule has 0 aliphatic heterocycles. The summed E-state index contributed by atoms with van der Waals surface area (Å²) in [6.07, 6.45) is 4.22. The minimum atomic E-state index is 0.363. The summed E-state index contributed by atoms with van der Waals surface area (Å²) in [4.78, 5) is 8.84. The summed E-state index contributed by atoms with van der Waals surface area (Å²) in [5.41, 5.74) is 8.88. The lowest BCUT2D eigenvalue weighted by molar-refractivity contribution is -0.0183. The Morgan fingerprint density at radius 1 is 1.50 bits per heavy atom. The first-order valence-electron chi connectivity index (χ1n) is 6.40. The molecular weight excluding hydrogens is 228 g/mol. The van der Waals surface area contributed by atoms with Crippen molar-refractivity contribution in [1.29, 1.82) is 0 Å². The van der Waals surface area contributed by atoms with Crippen LogP contribution >= 0.6 is 0 Å². The average Bonchev–Trinajstić information content (AvgIpc) is 2.58. The van der Waals surface area contributed by atoms with Gasteiger partial charge in [0.25, 0.3) is 0 Å². The average molecular weight is 246 g/mol. The zero-order valence-corrected chi connectivity index (χ0v) is 10.8. The second-order valence-electron chi connectivity index (χ2n) is 4.90. The van der Waals surface area contributed by atoms with Crippen LogP contribution in [0, 0.1) is 6.92 Å². The summed E-state index contributed by atoms with van der Waals surface area (Å²) in [6, 6.07) is 2.40. The first-order valence-corrected chi connectivity index (χ1v) is 6.40. The maximum atomic E-state index is 6.00. The van der Waals surface area contributed by atoms with Crippen LogP contribution in [0.3, 0.4) is 0 Å².